The summed E-state index contributed by atoms with van der Waals surface area (Å²) < 4.78 is 123. The average molecular weight is 513 g/mol. The Hall–Kier alpha value is -1.35. The fourth-order valence-corrected chi connectivity index (χ4v) is 1.57. The first kappa shape index (κ1) is 39.2. The Balaban J connectivity index is -0.0000000918. The van der Waals surface area contributed by atoms with Gasteiger partial charge in [-0.05, 0) is 24.8 Å². The molecule has 0 saturated carbocycles. The third kappa shape index (κ3) is 63.2. The van der Waals surface area contributed by atoms with Crippen molar-refractivity contribution >= 4 is 35.3 Å². The minimum Gasteiger partial charge on any atom is -0.418 e. The Labute approximate surface area is 175 Å². The standard InChI is InChI=1S/C9H12O.2CH2O.3BF4.Fe/c1-2-5-8(4-1)9-6-3-7-10-9;2*1-2;3*2-1(3,4)5;/h1-2,4,9H,3,5-7H2;2*1H2;;;;/q;;;3*-1;+3. The van der Waals surface area contributed by atoms with Crippen molar-refractivity contribution in [3.05, 3.63) is 23.8 Å². The van der Waals surface area contributed by atoms with Gasteiger partial charge in [0.1, 0.15) is 13.6 Å². The molecule has 1 radical (unpaired) electrons. The second kappa shape index (κ2) is 20.9. The summed E-state index contributed by atoms with van der Waals surface area (Å²) in [6.45, 7) is 4.96. The molecule has 30 heavy (non-hydrogen) atoms. The molecule has 0 bridgehead atoms. The molecule has 1 unspecified atom stereocenters. The Morgan fingerprint density at radius 3 is 1.30 bits per heavy atom. The molecular weight excluding hydrogens is 496 g/mol. The molecule has 2 aliphatic rings. The van der Waals surface area contributed by atoms with E-state index in [4.69, 9.17) is 14.3 Å². The molecule has 1 heterocycles. The molecule has 1 saturated heterocycles. The van der Waals surface area contributed by atoms with Crippen LogP contribution in [0.25, 0.3) is 0 Å². The summed E-state index contributed by atoms with van der Waals surface area (Å²) in [6, 6.07) is 0. The molecule has 19 heteroatoms. The van der Waals surface area contributed by atoms with Crippen LogP contribution in [0.3, 0.4) is 0 Å². The van der Waals surface area contributed by atoms with E-state index in [1.165, 1.54) is 18.4 Å². The van der Waals surface area contributed by atoms with Crippen LogP contribution >= 0.6 is 0 Å². The van der Waals surface area contributed by atoms with Crippen LogP contribution in [0.5, 0.6) is 0 Å². The first-order valence-corrected chi connectivity index (χ1v) is 7.13. The summed E-state index contributed by atoms with van der Waals surface area (Å²) in [4.78, 5) is 16.0. The molecule has 0 N–H and O–H groups in total. The van der Waals surface area contributed by atoms with Crippen molar-refractivity contribution in [2.75, 3.05) is 6.61 Å². The second-order valence-corrected chi connectivity index (χ2v) is 4.36. The van der Waals surface area contributed by atoms with Gasteiger partial charge in [0, 0.05) is 6.61 Å². The SMILES string of the molecule is C1=CCC(C2CCCO2)=C1.C=O.C=O.F[B-](F)(F)F.F[B-](F)(F)F.F[B-](F)(F)F.[Fe+3]. The first-order valence-electron chi connectivity index (χ1n) is 7.13. The predicted octanol–water partition coefficient (Wildman–Crippen LogP) is 5.58. The molecular formula is C11H16B3F12FeO3. The number of carbonyl (C=O) groups excluding carboxylic acids is 2. The summed E-state index contributed by atoms with van der Waals surface area (Å²) in [5.74, 6) is 0. The maximum absolute atomic E-state index is 9.75. The van der Waals surface area contributed by atoms with Gasteiger partial charge in [-0.2, -0.15) is 0 Å². The largest absolute Gasteiger partial charge is 3.00 e. The molecule has 1 aliphatic carbocycles. The molecule has 0 spiro atoms. The fraction of sp³-hybridized carbons (Fsp3) is 0.455. The van der Waals surface area contributed by atoms with Crippen LogP contribution < -0.4 is 0 Å². The van der Waals surface area contributed by atoms with E-state index in [1.807, 2.05) is 13.6 Å². The zero-order valence-corrected chi connectivity index (χ0v) is 16.0. The molecule has 2 rings (SSSR count). The zero-order chi connectivity index (χ0) is 24.3. The van der Waals surface area contributed by atoms with E-state index in [0.29, 0.717) is 6.10 Å². The van der Waals surface area contributed by atoms with Crippen LogP contribution in [0.1, 0.15) is 19.3 Å². The number of rotatable bonds is 1. The quantitative estimate of drug-likeness (QED) is 0.340. The monoisotopic (exact) mass is 513 g/mol. The van der Waals surface area contributed by atoms with Crippen molar-refractivity contribution in [3.8, 4) is 0 Å². The summed E-state index contributed by atoms with van der Waals surface area (Å²) in [6.07, 6.45) is 10.5. The summed E-state index contributed by atoms with van der Waals surface area (Å²) in [7, 11) is -18.0. The summed E-state index contributed by atoms with van der Waals surface area (Å²) in [5.41, 5.74) is 1.47. The first-order chi connectivity index (χ1) is 13.0. The van der Waals surface area contributed by atoms with Gasteiger partial charge in [0.25, 0.3) is 0 Å². The topological polar surface area (TPSA) is 43.4 Å². The maximum atomic E-state index is 9.75. The van der Waals surface area contributed by atoms with Gasteiger partial charge < -0.3 is 66.1 Å². The van der Waals surface area contributed by atoms with Crippen LogP contribution in [0, 0.1) is 0 Å². The van der Waals surface area contributed by atoms with E-state index >= 15 is 0 Å². The van der Waals surface area contributed by atoms with Crippen molar-refractivity contribution in [2.45, 2.75) is 25.4 Å². The molecule has 0 aromatic carbocycles. The molecule has 3 nitrogen and oxygen atoms in total. The molecule has 1 fully saturated rings. The van der Waals surface area contributed by atoms with E-state index in [-0.39, 0.29) is 17.1 Å². The third-order valence-corrected chi connectivity index (χ3v) is 2.14. The third-order valence-electron chi connectivity index (χ3n) is 2.14. The van der Waals surface area contributed by atoms with E-state index in [9.17, 15) is 51.8 Å². The van der Waals surface area contributed by atoms with Crippen molar-refractivity contribution in [2.24, 2.45) is 0 Å². The van der Waals surface area contributed by atoms with Crippen molar-refractivity contribution in [3.63, 3.8) is 0 Å². The molecule has 0 aromatic rings. The number of ether oxygens (including phenoxy) is 1. The number of halogens is 12. The van der Waals surface area contributed by atoms with E-state index in [1.54, 1.807) is 0 Å². The second-order valence-electron chi connectivity index (χ2n) is 4.36. The molecule has 1 atom stereocenters. The minimum absolute atomic E-state index is 0. The van der Waals surface area contributed by atoms with Crippen LogP contribution in [-0.2, 0) is 31.4 Å². The average Bonchev–Trinajstić information content (AvgIpc) is 3.19. The van der Waals surface area contributed by atoms with Gasteiger partial charge in [-0.15, -0.1) is 0 Å². The normalized spacial score (nSPS) is 16.7. The Morgan fingerprint density at radius 2 is 1.10 bits per heavy atom. The summed E-state index contributed by atoms with van der Waals surface area (Å²) >= 11 is 0. The van der Waals surface area contributed by atoms with Crippen LogP contribution in [0.15, 0.2) is 23.8 Å². The van der Waals surface area contributed by atoms with Gasteiger partial charge in [0.05, 0.1) is 6.10 Å². The Bertz CT molecular complexity index is 403. The van der Waals surface area contributed by atoms with Crippen LogP contribution in [-0.4, -0.2) is 48.1 Å². The van der Waals surface area contributed by atoms with Crippen molar-refractivity contribution in [1.82, 2.24) is 0 Å². The van der Waals surface area contributed by atoms with Gasteiger partial charge >= 0.3 is 38.8 Å². The van der Waals surface area contributed by atoms with Crippen molar-refractivity contribution in [1.29, 1.82) is 0 Å². The van der Waals surface area contributed by atoms with Gasteiger partial charge in [0.15, 0.2) is 0 Å². The molecule has 0 amide bonds. The van der Waals surface area contributed by atoms with E-state index in [0.717, 1.165) is 13.0 Å². The van der Waals surface area contributed by atoms with Gasteiger partial charge in [-0.25, -0.2) is 0 Å². The zero-order valence-electron chi connectivity index (χ0n) is 14.9. The van der Waals surface area contributed by atoms with Gasteiger partial charge in [-0.3, -0.25) is 0 Å². The number of allylic oxidation sites excluding steroid dienone is 3. The van der Waals surface area contributed by atoms with Crippen LogP contribution in [0.4, 0.5) is 51.8 Å². The molecule has 179 valence electrons. The number of carbonyl (C=O) groups is 2. The van der Waals surface area contributed by atoms with Gasteiger partial charge in [0.2, 0.25) is 0 Å². The maximum Gasteiger partial charge on any atom is 3.00 e. The van der Waals surface area contributed by atoms with E-state index in [2.05, 4.69) is 18.2 Å². The molecule has 1 aliphatic heterocycles. The van der Waals surface area contributed by atoms with Crippen LogP contribution in [0.2, 0.25) is 0 Å². The predicted molar refractivity (Wildman–Crippen MR) is 85.6 cm³/mol. The number of hydrogen-bond acceptors (Lipinski definition) is 3. The fourth-order valence-electron chi connectivity index (χ4n) is 1.57. The Kier molecular flexibility index (Phi) is 27.3. The van der Waals surface area contributed by atoms with Gasteiger partial charge in [-0.1, -0.05) is 18.2 Å². The molecule has 0 aromatic heterocycles. The number of hydrogen-bond donors (Lipinski definition) is 0. The van der Waals surface area contributed by atoms with Crippen molar-refractivity contribution < 1.29 is 83.2 Å². The minimum atomic E-state index is -6.00. The van der Waals surface area contributed by atoms with E-state index < -0.39 is 21.8 Å². The Morgan fingerprint density at radius 1 is 0.767 bits per heavy atom. The smallest absolute Gasteiger partial charge is 0.418 e. The summed E-state index contributed by atoms with van der Waals surface area (Å²) in [5, 5.41) is 0.